The molecule has 41 heavy (non-hydrogen) atoms. The lowest BCUT2D eigenvalue weighted by molar-refractivity contribution is -0.159. The first kappa shape index (κ1) is 33.3. The molecule has 0 bridgehead atoms. The normalized spacial score (nSPS) is 13.0. The maximum Gasteiger partial charge on any atom is 0.408 e. The van der Waals surface area contributed by atoms with E-state index in [1.165, 1.54) is 4.90 Å². The highest BCUT2D eigenvalue weighted by atomic mass is 16.6. The molecule has 2 aromatic rings. The van der Waals surface area contributed by atoms with Gasteiger partial charge in [0.15, 0.2) is 0 Å². The van der Waals surface area contributed by atoms with Crippen molar-refractivity contribution < 1.29 is 28.7 Å². The van der Waals surface area contributed by atoms with Crippen LogP contribution in [0.1, 0.15) is 76.8 Å². The Kier molecular flexibility index (Phi) is 11.5. The molecule has 2 N–H and O–H groups in total. The van der Waals surface area contributed by atoms with E-state index in [0.29, 0.717) is 5.56 Å². The molecule has 2 aromatic carbocycles. The third-order valence-corrected chi connectivity index (χ3v) is 6.02. The van der Waals surface area contributed by atoms with Crippen LogP contribution in [0.4, 0.5) is 4.79 Å². The maximum atomic E-state index is 14.1. The van der Waals surface area contributed by atoms with Gasteiger partial charge in [0.25, 0.3) is 0 Å². The monoisotopic (exact) mass is 567 g/mol. The number of hydrogen-bond donors (Lipinski definition) is 2. The minimum atomic E-state index is -1.06. The van der Waals surface area contributed by atoms with Crippen molar-refractivity contribution in [2.75, 3.05) is 13.1 Å². The number of alkyl carbamates (subject to hydrolysis) is 1. The molecule has 0 aliphatic rings. The second-order valence-corrected chi connectivity index (χ2v) is 12.1. The molecule has 0 aromatic heterocycles. The molecule has 224 valence electrons. The van der Waals surface area contributed by atoms with E-state index in [0.717, 1.165) is 16.7 Å². The van der Waals surface area contributed by atoms with Crippen molar-refractivity contribution in [2.45, 2.75) is 92.0 Å². The highest BCUT2D eigenvalue weighted by Crippen LogP contribution is 2.26. The Morgan fingerprint density at radius 3 is 2.05 bits per heavy atom. The van der Waals surface area contributed by atoms with Gasteiger partial charge in [0, 0.05) is 13.0 Å². The number of carbonyl (C=O) groups is 4. The summed E-state index contributed by atoms with van der Waals surface area (Å²) in [7, 11) is 0. The van der Waals surface area contributed by atoms with Gasteiger partial charge in [-0.3, -0.25) is 9.59 Å². The highest BCUT2D eigenvalue weighted by molar-refractivity contribution is 5.93. The van der Waals surface area contributed by atoms with Crippen LogP contribution < -0.4 is 10.6 Å². The van der Waals surface area contributed by atoms with Crippen molar-refractivity contribution in [3.63, 3.8) is 0 Å². The van der Waals surface area contributed by atoms with E-state index in [2.05, 4.69) is 10.6 Å². The average molecular weight is 568 g/mol. The molecule has 3 amide bonds. The van der Waals surface area contributed by atoms with Crippen LogP contribution in [0.15, 0.2) is 48.5 Å². The average Bonchev–Trinajstić information content (AvgIpc) is 2.85. The fraction of sp³-hybridized carbons (Fsp3) is 0.500. The number of likely N-dealkylation sites (N-methyl/N-ethyl adjacent to an activating group) is 1. The quantitative estimate of drug-likeness (QED) is 0.399. The number of carbonyl (C=O) groups excluding carboxylic acids is 4. The zero-order valence-corrected chi connectivity index (χ0v) is 25.8. The zero-order valence-electron chi connectivity index (χ0n) is 25.8. The fourth-order valence-corrected chi connectivity index (χ4v) is 4.24. The highest BCUT2D eigenvalue weighted by Gasteiger charge is 2.35. The standard InChI is InChI=1S/C32H45N3O6/c1-10-35(26(36)20-33-30(39)41-32(7,8)9)27(24-18-21(2)16-17-22(24)3)28(37)34-25(29(38)40-31(4,5)6)19-23-14-12-11-13-15-23/h11-18,25,27H,10,19-20H2,1-9H3,(H,33,39)(H,34,37). The molecule has 0 radical (unpaired) electrons. The number of nitrogens with zero attached hydrogens (tertiary/aromatic N) is 1. The lowest BCUT2D eigenvalue weighted by Crippen LogP contribution is -2.52. The Hall–Kier alpha value is -3.88. The van der Waals surface area contributed by atoms with Crippen molar-refractivity contribution in [3.8, 4) is 0 Å². The second-order valence-electron chi connectivity index (χ2n) is 12.1. The molecular formula is C32H45N3O6. The SMILES string of the molecule is CCN(C(=O)CNC(=O)OC(C)(C)C)C(C(=O)NC(Cc1ccccc1)C(=O)OC(C)(C)C)c1cc(C)ccc1C. The van der Waals surface area contributed by atoms with E-state index in [9.17, 15) is 19.2 Å². The van der Waals surface area contributed by atoms with E-state index < -0.39 is 47.2 Å². The van der Waals surface area contributed by atoms with E-state index >= 15 is 0 Å². The van der Waals surface area contributed by atoms with Gasteiger partial charge < -0.3 is 25.0 Å². The molecule has 0 saturated heterocycles. The summed E-state index contributed by atoms with van der Waals surface area (Å²) in [5, 5.41) is 5.36. The van der Waals surface area contributed by atoms with Crippen molar-refractivity contribution in [1.29, 1.82) is 0 Å². The first-order valence-corrected chi connectivity index (χ1v) is 13.9. The van der Waals surface area contributed by atoms with E-state index in [1.807, 2.05) is 62.4 Å². The molecule has 0 aliphatic heterocycles. The Morgan fingerprint density at radius 1 is 0.878 bits per heavy atom. The summed E-state index contributed by atoms with van der Waals surface area (Å²) < 4.78 is 10.9. The van der Waals surface area contributed by atoms with Crippen LogP contribution in [0, 0.1) is 13.8 Å². The van der Waals surface area contributed by atoms with Gasteiger partial charge in [-0.25, -0.2) is 9.59 Å². The van der Waals surface area contributed by atoms with Crippen LogP contribution in [0.3, 0.4) is 0 Å². The van der Waals surface area contributed by atoms with Crippen LogP contribution in [0.2, 0.25) is 0 Å². The van der Waals surface area contributed by atoms with Gasteiger partial charge in [0.2, 0.25) is 11.8 Å². The van der Waals surface area contributed by atoms with Gasteiger partial charge in [-0.15, -0.1) is 0 Å². The molecule has 0 saturated carbocycles. The fourth-order valence-electron chi connectivity index (χ4n) is 4.24. The molecule has 0 aliphatic carbocycles. The number of esters is 1. The number of nitrogens with one attached hydrogen (secondary N) is 2. The van der Waals surface area contributed by atoms with E-state index in [-0.39, 0.29) is 19.5 Å². The predicted octanol–water partition coefficient (Wildman–Crippen LogP) is 4.79. The third-order valence-electron chi connectivity index (χ3n) is 6.02. The summed E-state index contributed by atoms with van der Waals surface area (Å²) in [5.74, 6) is -1.58. The summed E-state index contributed by atoms with van der Waals surface area (Å²) >= 11 is 0. The predicted molar refractivity (Wildman–Crippen MR) is 158 cm³/mol. The minimum absolute atomic E-state index is 0.177. The Balaban J connectivity index is 2.44. The maximum absolute atomic E-state index is 14.1. The van der Waals surface area contributed by atoms with Gasteiger partial charge in [0.1, 0.15) is 29.8 Å². The Morgan fingerprint density at radius 2 is 1.49 bits per heavy atom. The number of hydrogen-bond acceptors (Lipinski definition) is 6. The van der Waals surface area contributed by atoms with Crippen LogP contribution >= 0.6 is 0 Å². The number of benzene rings is 2. The Bertz CT molecular complexity index is 1210. The molecule has 0 fully saturated rings. The molecule has 2 atom stereocenters. The van der Waals surface area contributed by atoms with Crippen LogP contribution in [-0.4, -0.2) is 59.1 Å². The largest absolute Gasteiger partial charge is 0.458 e. The molecule has 0 heterocycles. The summed E-state index contributed by atoms with van der Waals surface area (Å²) in [6.45, 7) is 15.8. The molecule has 9 nitrogen and oxygen atoms in total. The lowest BCUT2D eigenvalue weighted by Gasteiger charge is -2.33. The number of rotatable bonds is 10. The first-order chi connectivity index (χ1) is 19.0. The smallest absolute Gasteiger partial charge is 0.408 e. The summed E-state index contributed by atoms with van der Waals surface area (Å²) in [6, 6.07) is 12.9. The van der Waals surface area contributed by atoms with E-state index in [1.54, 1.807) is 48.5 Å². The van der Waals surface area contributed by atoms with Gasteiger partial charge >= 0.3 is 12.1 Å². The number of aryl methyl sites for hydroxylation is 2. The summed E-state index contributed by atoms with van der Waals surface area (Å²) in [6.07, 6.45) is -0.524. The topological polar surface area (TPSA) is 114 Å². The third kappa shape index (κ3) is 10.9. The molecule has 2 rings (SSSR count). The summed E-state index contributed by atoms with van der Waals surface area (Å²) in [4.78, 5) is 54.4. The minimum Gasteiger partial charge on any atom is -0.458 e. The molecule has 0 spiro atoms. The van der Waals surface area contributed by atoms with Crippen molar-refractivity contribution >= 4 is 23.9 Å². The number of amides is 3. The van der Waals surface area contributed by atoms with Crippen molar-refractivity contribution in [1.82, 2.24) is 15.5 Å². The van der Waals surface area contributed by atoms with Gasteiger partial charge in [-0.2, -0.15) is 0 Å². The summed E-state index contributed by atoms with van der Waals surface area (Å²) in [5.41, 5.74) is 1.69. The van der Waals surface area contributed by atoms with Crippen LogP contribution in [0.5, 0.6) is 0 Å². The van der Waals surface area contributed by atoms with E-state index in [4.69, 9.17) is 9.47 Å². The number of ether oxygens (including phenoxy) is 2. The van der Waals surface area contributed by atoms with Crippen molar-refractivity contribution in [3.05, 3.63) is 70.8 Å². The molecular weight excluding hydrogens is 522 g/mol. The molecule has 2 unspecified atom stereocenters. The second kappa shape index (κ2) is 14.1. The molecule has 9 heteroatoms. The zero-order chi connectivity index (χ0) is 31.0. The first-order valence-electron chi connectivity index (χ1n) is 13.9. The Labute approximate surface area is 244 Å². The van der Waals surface area contributed by atoms with Crippen molar-refractivity contribution in [2.24, 2.45) is 0 Å². The lowest BCUT2D eigenvalue weighted by atomic mass is 9.96. The van der Waals surface area contributed by atoms with Gasteiger partial charge in [-0.1, -0.05) is 54.1 Å². The van der Waals surface area contributed by atoms with Crippen LogP contribution in [-0.2, 0) is 30.3 Å². The van der Waals surface area contributed by atoms with Gasteiger partial charge in [-0.05, 0) is 79.0 Å². The van der Waals surface area contributed by atoms with Gasteiger partial charge in [0.05, 0.1) is 0 Å². The van der Waals surface area contributed by atoms with Crippen LogP contribution in [0.25, 0.3) is 0 Å².